The Balaban J connectivity index is 1.89. The van der Waals surface area contributed by atoms with Crippen molar-refractivity contribution in [3.63, 3.8) is 0 Å². The summed E-state index contributed by atoms with van der Waals surface area (Å²) < 4.78 is 27.0. The van der Waals surface area contributed by atoms with Crippen LogP contribution in [0, 0.1) is 5.92 Å². The number of carbonyl (C=O) groups is 1. The highest BCUT2D eigenvalue weighted by Crippen LogP contribution is 2.24. The van der Waals surface area contributed by atoms with Crippen molar-refractivity contribution >= 4 is 33.1 Å². The fourth-order valence-electron chi connectivity index (χ4n) is 2.82. The number of likely N-dealkylation sites (N-methyl/N-ethyl adjacent to an activating group) is 1. The normalized spacial score (nSPS) is 17.8. The molecule has 1 aromatic carbocycles. The standard InChI is InChI=1S/C18H21N3O3S2/c1-12(2)16(18(22)21(3)10-13-8-9-25-11-13)19-17-14-6-4-5-7-15(14)26(23,24)20-17/h4-9,11-12,16H,10H2,1-3H3,(H,19,20)/t16-/m1/s1. The number of benzene rings is 1. The molecule has 1 amide bonds. The maximum Gasteiger partial charge on any atom is 0.263 e. The maximum absolute atomic E-state index is 12.9. The van der Waals surface area contributed by atoms with Crippen molar-refractivity contribution in [2.75, 3.05) is 7.05 Å². The first-order valence-corrected chi connectivity index (χ1v) is 10.7. The van der Waals surface area contributed by atoms with Gasteiger partial charge in [0.1, 0.15) is 11.9 Å². The van der Waals surface area contributed by atoms with Crippen LogP contribution < -0.4 is 4.72 Å². The third kappa shape index (κ3) is 3.66. The van der Waals surface area contributed by atoms with Crippen LogP contribution in [0.3, 0.4) is 0 Å². The van der Waals surface area contributed by atoms with Crippen molar-refractivity contribution in [2.45, 2.75) is 31.3 Å². The Morgan fingerprint density at radius 2 is 2.00 bits per heavy atom. The second-order valence-electron chi connectivity index (χ2n) is 6.59. The van der Waals surface area contributed by atoms with E-state index in [-0.39, 0.29) is 22.6 Å². The number of nitrogens with zero attached hydrogens (tertiary/aromatic N) is 2. The highest BCUT2D eigenvalue weighted by Gasteiger charge is 2.33. The number of nitrogens with one attached hydrogen (secondary N) is 1. The number of sulfonamides is 1. The van der Waals surface area contributed by atoms with Crippen molar-refractivity contribution < 1.29 is 13.2 Å². The summed E-state index contributed by atoms with van der Waals surface area (Å²) in [4.78, 5) is 19.2. The molecule has 26 heavy (non-hydrogen) atoms. The quantitative estimate of drug-likeness (QED) is 0.850. The molecule has 2 aromatic rings. The Morgan fingerprint density at radius 3 is 2.65 bits per heavy atom. The predicted octanol–water partition coefficient (Wildman–Crippen LogP) is 2.47. The number of carbonyl (C=O) groups excluding carboxylic acids is 1. The van der Waals surface area contributed by atoms with Gasteiger partial charge in [0.2, 0.25) is 5.91 Å². The van der Waals surface area contributed by atoms with Crippen LogP contribution in [0.1, 0.15) is 25.0 Å². The highest BCUT2D eigenvalue weighted by atomic mass is 32.2. The summed E-state index contributed by atoms with van der Waals surface area (Å²) in [5, 5.41) is 3.97. The van der Waals surface area contributed by atoms with E-state index in [2.05, 4.69) is 9.71 Å². The third-order valence-corrected chi connectivity index (χ3v) is 6.32. The lowest BCUT2D eigenvalue weighted by molar-refractivity contribution is -0.132. The third-order valence-electron chi connectivity index (χ3n) is 4.19. The molecule has 1 aliphatic rings. The van der Waals surface area contributed by atoms with Crippen LogP contribution >= 0.6 is 11.3 Å². The van der Waals surface area contributed by atoms with Crippen LogP contribution in [0.4, 0.5) is 0 Å². The van der Waals surface area contributed by atoms with E-state index in [0.29, 0.717) is 12.1 Å². The zero-order valence-corrected chi connectivity index (χ0v) is 16.5. The van der Waals surface area contributed by atoms with Crippen LogP contribution in [0.25, 0.3) is 0 Å². The summed E-state index contributed by atoms with van der Waals surface area (Å²) in [6, 6.07) is 7.97. The number of rotatable bonds is 5. The van der Waals surface area contributed by atoms with Crippen molar-refractivity contribution in [3.8, 4) is 0 Å². The SMILES string of the molecule is CC(C)[C@@H](N=C1NS(=O)(=O)c2ccccc21)C(=O)N(C)Cc1ccsc1. The molecule has 6 nitrogen and oxygen atoms in total. The van der Waals surface area contributed by atoms with Gasteiger partial charge in [-0.2, -0.15) is 11.3 Å². The van der Waals surface area contributed by atoms with Gasteiger partial charge in [-0.1, -0.05) is 26.0 Å². The van der Waals surface area contributed by atoms with Crippen molar-refractivity contribution in [2.24, 2.45) is 10.9 Å². The smallest absolute Gasteiger partial charge is 0.263 e. The zero-order chi connectivity index (χ0) is 18.9. The van der Waals surface area contributed by atoms with Crippen LogP contribution in [0.15, 0.2) is 51.0 Å². The molecule has 0 radical (unpaired) electrons. The maximum atomic E-state index is 12.9. The minimum Gasteiger partial charge on any atom is -0.340 e. The Kier molecular flexibility index (Phi) is 5.15. The van der Waals surface area contributed by atoms with Crippen LogP contribution in [-0.4, -0.2) is 38.2 Å². The molecule has 1 aromatic heterocycles. The molecule has 2 heterocycles. The number of amides is 1. The average Bonchev–Trinajstić information content (AvgIpc) is 3.18. The molecule has 0 unspecified atom stereocenters. The van der Waals surface area contributed by atoms with Crippen LogP contribution in [-0.2, 0) is 21.4 Å². The van der Waals surface area contributed by atoms with E-state index in [4.69, 9.17) is 0 Å². The molecule has 0 fully saturated rings. The molecular formula is C18H21N3O3S2. The van der Waals surface area contributed by atoms with E-state index < -0.39 is 16.1 Å². The van der Waals surface area contributed by atoms with Gasteiger partial charge in [0.05, 0.1) is 4.90 Å². The Hall–Kier alpha value is -2.19. The second-order valence-corrected chi connectivity index (χ2v) is 9.02. The van der Waals surface area contributed by atoms with Crippen molar-refractivity contribution in [1.82, 2.24) is 9.62 Å². The summed E-state index contributed by atoms with van der Waals surface area (Å²) in [6.07, 6.45) is 0. The van der Waals surface area contributed by atoms with Gasteiger partial charge in [0.25, 0.3) is 10.0 Å². The number of hydrogen-bond donors (Lipinski definition) is 1. The van der Waals surface area contributed by atoms with Gasteiger partial charge in [0, 0.05) is 19.2 Å². The Labute approximate surface area is 157 Å². The summed E-state index contributed by atoms with van der Waals surface area (Å²) in [6.45, 7) is 4.31. The lowest BCUT2D eigenvalue weighted by Gasteiger charge is -2.24. The molecule has 0 saturated heterocycles. The molecule has 138 valence electrons. The summed E-state index contributed by atoms with van der Waals surface area (Å²) in [7, 11) is -1.88. The largest absolute Gasteiger partial charge is 0.340 e. The molecule has 0 bridgehead atoms. The summed E-state index contributed by atoms with van der Waals surface area (Å²) >= 11 is 1.58. The number of hydrogen-bond acceptors (Lipinski definition) is 5. The van der Waals surface area contributed by atoms with Gasteiger partial charge in [-0.25, -0.2) is 8.42 Å². The van der Waals surface area contributed by atoms with E-state index in [1.54, 1.807) is 41.5 Å². The predicted molar refractivity (Wildman–Crippen MR) is 103 cm³/mol. The van der Waals surface area contributed by atoms with Crippen molar-refractivity contribution in [3.05, 3.63) is 52.2 Å². The number of fused-ring (bicyclic) bond motifs is 1. The van der Waals surface area contributed by atoms with Gasteiger partial charge in [-0.3, -0.25) is 14.5 Å². The fourth-order valence-corrected chi connectivity index (χ4v) is 4.72. The van der Waals surface area contributed by atoms with E-state index in [1.165, 1.54) is 6.07 Å². The fraction of sp³-hybridized carbons (Fsp3) is 0.333. The topological polar surface area (TPSA) is 78.8 Å². The first-order valence-electron chi connectivity index (χ1n) is 8.25. The number of amidine groups is 1. The van der Waals surface area contributed by atoms with Crippen LogP contribution in [0.5, 0.6) is 0 Å². The molecule has 1 atom stereocenters. The minimum absolute atomic E-state index is 0.0720. The van der Waals surface area contributed by atoms with E-state index in [1.807, 2.05) is 30.7 Å². The molecule has 1 N–H and O–H groups in total. The van der Waals surface area contributed by atoms with Gasteiger partial charge >= 0.3 is 0 Å². The molecule has 0 spiro atoms. The summed E-state index contributed by atoms with van der Waals surface area (Å²) in [5.41, 5.74) is 1.57. The zero-order valence-electron chi connectivity index (χ0n) is 14.8. The molecular weight excluding hydrogens is 370 g/mol. The van der Waals surface area contributed by atoms with E-state index >= 15 is 0 Å². The van der Waals surface area contributed by atoms with Gasteiger partial charge in [0.15, 0.2) is 0 Å². The van der Waals surface area contributed by atoms with Gasteiger partial charge in [-0.05, 0) is 40.4 Å². The first-order chi connectivity index (χ1) is 12.3. The molecule has 0 saturated carbocycles. The Bertz CT molecular complexity index is 934. The monoisotopic (exact) mass is 391 g/mol. The minimum atomic E-state index is -3.62. The van der Waals surface area contributed by atoms with E-state index in [0.717, 1.165) is 5.56 Å². The molecule has 3 rings (SSSR count). The average molecular weight is 392 g/mol. The van der Waals surface area contributed by atoms with Gasteiger partial charge < -0.3 is 4.90 Å². The number of aliphatic imine (C=N–C) groups is 1. The molecule has 8 heteroatoms. The summed E-state index contributed by atoms with van der Waals surface area (Å²) in [5.74, 6) is 0.0241. The highest BCUT2D eigenvalue weighted by molar-refractivity contribution is 7.90. The molecule has 0 aliphatic carbocycles. The van der Waals surface area contributed by atoms with Crippen LogP contribution in [0.2, 0.25) is 0 Å². The molecule has 1 aliphatic heterocycles. The second kappa shape index (κ2) is 7.20. The lowest BCUT2D eigenvalue weighted by atomic mass is 10.0. The van der Waals surface area contributed by atoms with Crippen molar-refractivity contribution in [1.29, 1.82) is 0 Å². The van der Waals surface area contributed by atoms with E-state index in [9.17, 15) is 13.2 Å². The number of thiophene rings is 1. The first kappa shape index (κ1) is 18.6. The van der Waals surface area contributed by atoms with Gasteiger partial charge in [-0.15, -0.1) is 0 Å². The lowest BCUT2D eigenvalue weighted by Crippen LogP contribution is -2.39. The Morgan fingerprint density at radius 1 is 1.27 bits per heavy atom.